The Morgan fingerprint density at radius 2 is 1.67 bits per heavy atom. The number of carbonyl (C=O) groups is 1. The van der Waals surface area contributed by atoms with Crippen molar-refractivity contribution in [3.8, 4) is 16.9 Å². The van der Waals surface area contributed by atoms with E-state index in [1.165, 1.54) is 23.3 Å². The number of hydrogen-bond acceptors (Lipinski definition) is 7. The number of benzene rings is 2. The first-order valence-electron chi connectivity index (χ1n) is 13.9. The largest absolute Gasteiger partial charge is 0.492 e. The first-order chi connectivity index (χ1) is 20.0. The van der Waals surface area contributed by atoms with Gasteiger partial charge < -0.3 is 9.64 Å². The molecule has 3 aromatic rings. The highest BCUT2D eigenvalue weighted by molar-refractivity contribution is 7.90. The van der Waals surface area contributed by atoms with Gasteiger partial charge in [-0.1, -0.05) is 25.1 Å². The molecule has 42 heavy (non-hydrogen) atoms. The quantitative estimate of drug-likeness (QED) is 0.328. The van der Waals surface area contributed by atoms with Crippen molar-refractivity contribution in [3.63, 3.8) is 0 Å². The van der Waals surface area contributed by atoms with E-state index >= 15 is 0 Å². The third-order valence-corrected chi connectivity index (χ3v) is 8.35. The molecular weight excluding hydrogens is 569 g/mol. The van der Waals surface area contributed by atoms with E-state index in [1.54, 1.807) is 23.1 Å². The smallest absolute Gasteiger partial charge is 0.390 e. The van der Waals surface area contributed by atoms with E-state index in [0.29, 0.717) is 6.61 Å². The SMILES string of the molecule is CCOc1cncc(-c2ccc(CN3CCN(c4ccc(C(=O)NS(=O)(=O)CCC(F)(F)F)cc4)CC3)c(CC)c2)c1. The number of aryl methyl sites for hydroxylation is 1. The third kappa shape index (κ3) is 8.68. The van der Waals surface area contributed by atoms with E-state index in [1.807, 2.05) is 19.2 Å². The van der Waals surface area contributed by atoms with Crippen molar-refractivity contribution >= 4 is 21.6 Å². The van der Waals surface area contributed by atoms with Crippen molar-refractivity contribution in [1.82, 2.24) is 14.6 Å². The molecule has 1 fully saturated rings. The molecule has 0 bridgehead atoms. The minimum absolute atomic E-state index is 0.0592. The van der Waals surface area contributed by atoms with Gasteiger partial charge in [0, 0.05) is 55.7 Å². The van der Waals surface area contributed by atoms with Crippen LogP contribution in [0.1, 0.15) is 41.8 Å². The van der Waals surface area contributed by atoms with E-state index in [4.69, 9.17) is 4.74 Å². The number of alkyl halides is 3. The lowest BCUT2D eigenvalue weighted by atomic mass is 9.98. The minimum Gasteiger partial charge on any atom is -0.492 e. The predicted molar refractivity (Wildman–Crippen MR) is 156 cm³/mol. The van der Waals surface area contributed by atoms with Crippen LogP contribution in [0.4, 0.5) is 18.9 Å². The van der Waals surface area contributed by atoms with Crippen molar-refractivity contribution in [2.24, 2.45) is 0 Å². The first kappa shape index (κ1) is 31.3. The van der Waals surface area contributed by atoms with E-state index < -0.39 is 34.3 Å². The molecule has 1 aliphatic heterocycles. The van der Waals surface area contributed by atoms with Gasteiger partial charge in [0.1, 0.15) is 5.75 Å². The molecule has 1 aromatic heterocycles. The van der Waals surface area contributed by atoms with Gasteiger partial charge in [-0.2, -0.15) is 13.2 Å². The fourth-order valence-corrected chi connectivity index (χ4v) is 5.84. The van der Waals surface area contributed by atoms with Crippen LogP contribution in [-0.2, 0) is 23.0 Å². The van der Waals surface area contributed by atoms with Gasteiger partial charge in [-0.15, -0.1) is 0 Å². The molecule has 1 saturated heterocycles. The van der Waals surface area contributed by atoms with Gasteiger partial charge in [0.25, 0.3) is 5.91 Å². The number of rotatable bonds is 11. The number of ether oxygens (including phenoxy) is 1. The Labute approximate surface area is 244 Å². The Hall–Kier alpha value is -3.64. The van der Waals surface area contributed by atoms with Crippen LogP contribution >= 0.6 is 0 Å². The molecular formula is C30H35F3N4O4S. The van der Waals surface area contributed by atoms with Crippen molar-refractivity contribution in [2.75, 3.05) is 43.4 Å². The predicted octanol–water partition coefficient (Wildman–Crippen LogP) is 5.04. The van der Waals surface area contributed by atoms with E-state index in [9.17, 15) is 26.4 Å². The highest BCUT2D eigenvalue weighted by atomic mass is 32.2. The Morgan fingerprint density at radius 1 is 0.952 bits per heavy atom. The highest BCUT2D eigenvalue weighted by Gasteiger charge is 2.30. The van der Waals surface area contributed by atoms with Crippen LogP contribution in [0.3, 0.4) is 0 Å². The summed E-state index contributed by atoms with van der Waals surface area (Å²) in [6.07, 6.45) is -1.68. The molecule has 0 unspecified atom stereocenters. The van der Waals surface area contributed by atoms with Gasteiger partial charge in [-0.25, -0.2) is 13.1 Å². The standard InChI is InChI=1S/C30H35F3N4O4S/c1-3-22-17-24(26-18-28(41-4-2)20-34-19-26)5-6-25(22)21-36-12-14-37(15-13-36)27-9-7-23(8-10-27)29(38)35-42(39,40)16-11-30(31,32)33/h5-10,17-20H,3-4,11-16,21H2,1-2H3,(H,35,38). The number of sulfonamides is 1. The summed E-state index contributed by atoms with van der Waals surface area (Å²) in [4.78, 5) is 21.2. The second-order valence-electron chi connectivity index (χ2n) is 10.1. The number of hydrogen-bond donors (Lipinski definition) is 1. The number of piperazine rings is 1. The number of anilines is 1. The zero-order valence-corrected chi connectivity index (χ0v) is 24.5. The van der Waals surface area contributed by atoms with Gasteiger partial charge in [-0.05, 0) is 60.4 Å². The lowest BCUT2D eigenvalue weighted by molar-refractivity contribution is -0.130. The monoisotopic (exact) mass is 604 g/mol. The number of amides is 1. The summed E-state index contributed by atoms with van der Waals surface area (Å²) in [5.41, 5.74) is 5.62. The molecule has 0 radical (unpaired) electrons. The summed E-state index contributed by atoms with van der Waals surface area (Å²) < 4.78 is 68.0. The topological polar surface area (TPSA) is 91.8 Å². The molecule has 4 rings (SSSR count). The normalized spacial score (nSPS) is 14.5. The number of carbonyl (C=O) groups excluding carboxylic acids is 1. The molecule has 0 saturated carbocycles. The van der Waals surface area contributed by atoms with E-state index in [0.717, 1.165) is 61.7 Å². The van der Waals surface area contributed by atoms with Crippen LogP contribution in [0.25, 0.3) is 11.1 Å². The van der Waals surface area contributed by atoms with Gasteiger partial charge in [0.15, 0.2) is 0 Å². The summed E-state index contributed by atoms with van der Waals surface area (Å²) in [5, 5.41) is 0. The molecule has 0 atom stereocenters. The maximum atomic E-state index is 12.3. The average molecular weight is 605 g/mol. The lowest BCUT2D eigenvalue weighted by Gasteiger charge is -2.36. The molecule has 12 heteroatoms. The van der Waals surface area contributed by atoms with E-state index in [2.05, 4.69) is 39.9 Å². The second kappa shape index (κ2) is 13.6. The fraction of sp³-hybridized carbons (Fsp3) is 0.400. The van der Waals surface area contributed by atoms with Gasteiger partial charge in [0.2, 0.25) is 10.0 Å². The summed E-state index contributed by atoms with van der Waals surface area (Å²) in [5.74, 6) is -1.40. The Kier molecular flexibility index (Phi) is 10.1. The molecule has 2 aromatic carbocycles. The zero-order valence-electron chi connectivity index (χ0n) is 23.7. The molecule has 1 N–H and O–H groups in total. The average Bonchev–Trinajstić information content (AvgIpc) is 2.97. The maximum Gasteiger partial charge on any atom is 0.390 e. The van der Waals surface area contributed by atoms with Crippen LogP contribution in [0, 0.1) is 0 Å². The van der Waals surface area contributed by atoms with Crippen LogP contribution in [0.5, 0.6) is 5.75 Å². The number of nitrogens with one attached hydrogen (secondary N) is 1. The molecule has 2 heterocycles. The Morgan fingerprint density at radius 3 is 2.31 bits per heavy atom. The van der Waals surface area contributed by atoms with Crippen molar-refractivity contribution in [1.29, 1.82) is 0 Å². The van der Waals surface area contributed by atoms with Crippen LogP contribution < -0.4 is 14.4 Å². The summed E-state index contributed by atoms with van der Waals surface area (Å²) >= 11 is 0. The Balaban J connectivity index is 1.32. The number of aromatic nitrogens is 1. The molecule has 1 amide bonds. The summed E-state index contributed by atoms with van der Waals surface area (Å²) in [6.45, 7) is 8.73. The third-order valence-electron chi connectivity index (χ3n) is 7.11. The zero-order chi connectivity index (χ0) is 30.3. The first-order valence-corrected chi connectivity index (χ1v) is 15.5. The number of pyridine rings is 1. The van der Waals surface area contributed by atoms with Crippen LogP contribution in [0.2, 0.25) is 0 Å². The van der Waals surface area contributed by atoms with Crippen molar-refractivity contribution in [3.05, 3.63) is 77.6 Å². The molecule has 8 nitrogen and oxygen atoms in total. The molecule has 226 valence electrons. The maximum absolute atomic E-state index is 12.3. The lowest BCUT2D eigenvalue weighted by Crippen LogP contribution is -2.46. The fourth-order valence-electron chi connectivity index (χ4n) is 4.84. The molecule has 0 aliphatic carbocycles. The molecule has 0 spiro atoms. The molecule has 1 aliphatic rings. The van der Waals surface area contributed by atoms with Crippen LogP contribution in [0.15, 0.2) is 60.9 Å². The summed E-state index contributed by atoms with van der Waals surface area (Å²) in [7, 11) is -4.39. The second-order valence-corrected chi connectivity index (χ2v) is 11.9. The van der Waals surface area contributed by atoms with E-state index in [-0.39, 0.29) is 5.56 Å². The van der Waals surface area contributed by atoms with Gasteiger partial charge >= 0.3 is 6.18 Å². The van der Waals surface area contributed by atoms with Crippen molar-refractivity contribution in [2.45, 2.75) is 39.4 Å². The minimum atomic E-state index is -4.62. The van der Waals surface area contributed by atoms with Gasteiger partial charge in [-0.3, -0.25) is 14.7 Å². The van der Waals surface area contributed by atoms with Crippen molar-refractivity contribution < 1.29 is 31.1 Å². The van der Waals surface area contributed by atoms with Gasteiger partial charge in [0.05, 0.1) is 25.0 Å². The highest BCUT2D eigenvalue weighted by Crippen LogP contribution is 2.27. The Bertz CT molecular complexity index is 1470. The summed E-state index contributed by atoms with van der Waals surface area (Å²) in [6, 6.07) is 14.9. The number of nitrogens with zero attached hydrogens (tertiary/aromatic N) is 3. The number of halogens is 3. The van der Waals surface area contributed by atoms with Crippen LogP contribution in [-0.4, -0.2) is 68.9 Å².